The fraction of sp³-hybridized carbons (Fsp3) is 0.412. The summed E-state index contributed by atoms with van der Waals surface area (Å²) in [7, 11) is 3.74. The molecule has 134 valence electrons. The molecule has 2 heterocycles. The number of nitrogens with zero attached hydrogens (tertiary/aromatic N) is 3. The van der Waals surface area contributed by atoms with Gasteiger partial charge in [0.25, 0.3) is 5.91 Å². The predicted molar refractivity (Wildman–Crippen MR) is 85.2 cm³/mol. The molecule has 6 nitrogen and oxygen atoms in total. The van der Waals surface area contributed by atoms with Crippen LogP contribution in [0, 0.1) is 11.6 Å². The highest BCUT2D eigenvalue weighted by Crippen LogP contribution is 2.20. The average Bonchev–Trinajstić information content (AvgIpc) is 3.24. The van der Waals surface area contributed by atoms with Crippen LogP contribution in [0.1, 0.15) is 22.8 Å². The molecule has 0 N–H and O–H groups in total. The second-order valence-electron chi connectivity index (χ2n) is 6.09. The molecule has 1 aromatic heterocycles. The summed E-state index contributed by atoms with van der Waals surface area (Å²) in [6.45, 7) is 1.55. The Morgan fingerprint density at radius 1 is 1.48 bits per heavy atom. The second kappa shape index (κ2) is 7.18. The minimum absolute atomic E-state index is 0.115. The van der Waals surface area contributed by atoms with Crippen LogP contribution in [0.5, 0.6) is 5.75 Å². The number of aromatic nitrogens is 1. The van der Waals surface area contributed by atoms with E-state index in [-0.39, 0.29) is 35.9 Å². The number of oxazole rings is 1. The van der Waals surface area contributed by atoms with E-state index in [2.05, 4.69) is 9.88 Å². The molecule has 25 heavy (non-hydrogen) atoms. The van der Waals surface area contributed by atoms with Crippen molar-refractivity contribution in [3.05, 3.63) is 47.7 Å². The quantitative estimate of drug-likeness (QED) is 0.827. The van der Waals surface area contributed by atoms with E-state index < -0.39 is 11.6 Å². The Bertz CT molecular complexity index is 765. The van der Waals surface area contributed by atoms with Crippen LogP contribution in [0.3, 0.4) is 0 Å². The minimum atomic E-state index is -1.07. The fourth-order valence-corrected chi connectivity index (χ4v) is 2.78. The number of hydrogen-bond acceptors (Lipinski definition) is 5. The van der Waals surface area contributed by atoms with Crippen LogP contribution < -0.4 is 4.74 Å². The molecule has 0 radical (unpaired) electrons. The van der Waals surface area contributed by atoms with Crippen LogP contribution in [0.15, 0.2) is 28.9 Å². The summed E-state index contributed by atoms with van der Waals surface area (Å²) >= 11 is 0. The van der Waals surface area contributed by atoms with Crippen LogP contribution in [0.25, 0.3) is 0 Å². The van der Waals surface area contributed by atoms with E-state index in [1.807, 2.05) is 7.05 Å². The minimum Gasteiger partial charge on any atom is -0.481 e. The third-order valence-electron chi connectivity index (χ3n) is 4.27. The smallest absolute Gasteiger partial charge is 0.275 e. The van der Waals surface area contributed by atoms with Crippen molar-refractivity contribution >= 4 is 5.91 Å². The van der Waals surface area contributed by atoms with Gasteiger partial charge in [0.2, 0.25) is 11.7 Å². The van der Waals surface area contributed by atoms with Crippen molar-refractivity contribution in [3.8, 4) is 5.75 Å². The number of ether oxygens (including phenoxy) is 1. The molecule has 0 aliphatic carbocycles. The van der Waals surface area contributed by atoms with Gasteiger partial charge in [-0.2, -0.15) is 4.39 Å². The van der Waals surface area contributed by atoms with Crippen molar-refractivity contribution < 1.29 is 22.7 Å². The third-order valence-corrected chi connectivity index (χ3v) is 4.27. The highest BCUT2D eigenvalue weighted by atomic mass is 19.2. The number of rotatable bonds is 5. The van der Waals surface area contributed by atoms with Gasteiger partial charge in [0.05, 0.1) is 0 Å². The first-order valence-electron chi connectivity index (χ1n) is 7.92. The summed E-state index contributed by atoms with van der Waals surface area (Å²) in [5.41, 5.74) is 0.162. The maximum Gasteiger partial charge on any atom is 0.275 e. The Morgan fingerprint density at radius 3 is 3.00 bits per heavy atom. The van der Waals surface area contributed by atoms with E-state index in [1.165, 1.54) is 18.4 Å². The lowest BCUT2D eigenvalue weighted by molar-refractivity contribution is 0.0731. The molecule has 1 aliphatic heterocycles. The Hall–Kier alpha value is -2.48. The fourth-order valence-electron chi connectivity index (χ4n) is 2.78. The number of likely N-dealkylation sites (N-methyl/N-ethyl adjacent to an activating group) is 2. The maximum absolute atomic E-state index is 13.5. The number of likely N-dealkylation sites (tertiary alicyclic amines) is 1. The molecule has 1 fully saturated rings. The Kier molecular flexibility index (Phi) is 4.98. The van der Waals surface area contributed by atoms with E-state index >= 15 is 0 Å². The zero-order chi connectivity index (χ0) is 18.0. The zero-order valence-electron chi connectivity index (χ0n) is 14.0. The Balaban J connectivity index is 1.62. The van der Waals surface area contributed by atoms with Gasteiger partial charge in [0, 0.05) is 19.6 Å². The van der Waals surface area contributed by atoms with E-state index in [4.69, 9.17) is 9.15 Å². The molecule has 1 amide bonds. The molecule has 1 aromatic carbocycles. The number of carbonyl (C=O) groups excluding carboxylic acids is 1. The lowest BCUT2D eigenvalue weighted by Gasteiger charge is -2.23. The van der Waals surface area contributed by atoms with Crippen LogP contribution in [0.2, 0.25) is 0 Å². The molecule has 0 spiro atoms. The van der Waals surface area contributed by atoms with E-state index in [0.717, 1.165) is 25.6 Å². The Labute approximate surface area is 144 Å². The third kappa shape index (κ3) is 3.79. The van der Waals surface area contributed by atoms with Crippen LogP contribution in [-0.2, 0) is 6.61 Å². The van der Waals surface area contributed by atoms with Gasteiger partial charge in [-0.3, -0.25) is 4.79 Å². The first-order chi connectivity index (χ1) is 12.0. The maximum atomic E-state index is 13.5. The van der Waals surface area contributed by atoms with Gasteiger partial charge in [0.15, 0.2) is 23.9 Å². The standard InChI is InChI=1S/C17H19F2N3O3/c1-21-7-6-11(8-21)22(2)17(23)13-9-25-15(20-13)10-24-14-5-3-4-12(18)16(14)19/h3-5,9,11H,6-8,10H2,1-2H3/t11-/m0/s1. The number of amides is 1. The normalized spacial score (nSPS) is 17.7. The summed E-state index contributed by atoms with van der Waals surface area (Å²) in [6.07, 6.45) is 2.16. The lowest BCUT2D eigenvalue weighted by atomic mass is 10.2. The molecule has 0 saturated carbocycles. The highest BCUT2D eigenvalue weighted by molar-refractivity contribution is 5.92. The molecule has 8 heteroatoms. The lowest BCUT2D eigenvalue weighted by Crippen LogP contribution is -2.38. The van der Waals surface area contributed by atoms with Gasteiger partial charge in [-0.1, -0.05) is 6.07 Å². The van der Waals surface area contributed by atoms with Crippen LogP contribution >= 0.6 is 0 Å². The topological polar surface area (TPSA) is 58.8 Å². The van der Waals surface area contributed by atoms with Crippen molar-refractivity contribution in [1.29, 1.82) is 0 Å². The molecule has 1 aliphatic rings. The first kappa shape index (κ1) is 17.3. The molecular weight excluding hydrogens is 332 g/mol. The van der Waals surface area contributed by atoms with Crippen molar-refractivity contribution in [2.75, 3.05) is 27.2 Å². The van der Waals surface area contributed by atoms with E-state index in [1.54, 1.807) is 11.9 Å². The number of benzene rings is 1. The number of hydrogen-bond donors (Lipinski definition) is 0. The van der Waals surface area contributed by atoms with Crippen molar-refractivity contribution in [3.63, 3.8) is 0 Å². The van der Waals surface area contributed by atoms with Gasteiger partial charge in [-0.15, -0.1) is 0 Å². The highest BCUT2D eigenvalue weighted by Gasteiger charge is 2.28. The van der Waals surface area contributed by atoms with E-state index in [9.17, 15) is 13.6 Å². The largest absolute Gasteiger partial charge is 0.481 e. The predicted octanol–water partition coefficient (Wildman–Crippen LogP) is 2.31. The number of carbonyl (C=O) groups is 1. The van der Waals surface area contributed by atoms with Crippen molar-refractivity contribution in [2.45, 2.75) is 19.1 Å². The molecule has 1 atom stereocenters. The molecule has 0 bridgehead atoms. The summed E-state index contributed by atoms with van der Waals surface area (Å²) in [6, 6.07) is 3.78. The average molecular weight is 351 g/mol. The van der Waals surface area contributed by atoms with Gasteiger partial charge >= 0.3 is 0 Å². The summed E-state index contributed by atoms with van der Waals surface area (Å²) in [5, 5.41) is 0. The molecule has 1 saturated heterocycles. The van der Waals surface area contributed by atoms with E-state index in [0.29, 0.717) is 0 Å². The molecule has 2 aromatic rings. The molecular formula is C17H19F2N3O3. The first-order valence-corrected chi connectivity index (χ1v) is 7.92. The van der Waals surface area contributed by atoms with Gasteiger partial charge in [-0.05, 0) is 32.1 Å². The number of halogens is 2. The molecule has 0 unspecified atom stereocenters. The van der Waals surface area contributed by atoms with Gasteiger partial charge in [0.1, 0.15) is 6.26 Å². The molecule has 3 rings (SSSR count). The summed E-state index contributed by atoms with van der Waals surface area (Å²) < 4.78 is 37.0. The zero-order valence-corrected chi connectivity index (χ0v) is 14.0. The summed E-state index contributed by atoms with van der Waals surface area (Å²) in [5.74, 6) is -2.44. The Morgan fingerprint density at radius 2 is 2.28 bits per heavy atom. The van der Waals surface area contributed by atoms with Crippen molar-refractivity contribution in [1.82, 2.24) is 14.8 Å². The SMILES string of the molecule is CN1CC[C@H](N(C)C(=O)c2coc(COc3cccc(F)c3F)n2)C1. The summed E-state index contributed by atoms with van der Waals surface area (Å²) in [4.78, 5) is 20.3. The van der Waals surface area contributed by atoms with Gasteiger partial charge < -0.3 is 19.0 Å². The monoisotopic (exact) mass is 351 g/mol. The van der Waals surface area contributed by atoms with Crippen LogP contribution in [-0.4, -0.2) is 53.9 Å². The second-order valence-corrected chi connectivity index (χ2v) is 6.09. The van der Waals surface area contributed by atoms with Gasteiger partial charge in [-0.25, -0.2) is 9.37 Å². The van der Waals surface area contributed by atoms with Crippen molar-refractivity contribution in [2.24, 2.45) is 0 Å². The van der Waals surface area contributed by atoms with Crippen LogP contribution in [0.4, 0.5) is 8.78 Å².